The number of carboxylic acids is 1. The first-order valence-corrected chi connectivity index (χ1v) is 10.1. The lowest BCUT2D eigenvalue weighted by molar-refractivity contribution is 0.0689. The molecule has 10 nitrogen and oxygen atoms in total. The number of rotatable bonds is 6. The van der Waals surface area contributed by atoms with Crippen molar-refractivity contribution in [1.29, 1.82) is 0 Å². The second-order valence-corrected chi connectivity index (χ2v) is 7.69. The number of aromatic carboxylic acids is 1. The first-order valence-electron chi connectivity index (χ1n) is 10.1. The van der Waals surface area contributed by atoms with Gasteiger partial charge in [0.2, 0.25) is 0 Å². The van der Waals surface area contributed by atoms with Crippen LogP contribution in [0.2, 0.25) is 0 Å². The standard InChI is InChI=1S/C25H22O10/c1-11-5-14(26)8-19(33-4)22(11)25(32)35-16-7-13(3)21(18(28)10-16)24(31)34-15-6-12(2)20(23(29)30)17(27)9-15/h5-10,26-28H,1-4H3,(H,29,30). The molecule has 0 radical (unpaired) electrons. The number of carbonyl (C=O) groups is 3. The van der Waals surface area contributed by atoms with Crippen molar-refractivity contribution in [3.05, 3.63) is 69.8 Å². The van der Waals surface area contributed by atoms with Crippen LogP contribution in [0.4, 0.5) is 0 Å². The average molecular weight is 482 g/mol. The molecule has 0 aliphatic carbocycles. The zero-order valence-electron chi connectivity index (χ0n) is 19.2. The van der Waals surface area contributed by atoms with Gasteiger partial charge in [0.1, 0.15) is 51.2 Å². The Bertz CT molecular complexity index is 1310. The van der Waals surface area contributed by atoms with Crippen molar-refractivity contribution in [3.8, 4) is 34.5 Å². The van der Waals surface area contributed by atoms with Gasteiger partial charge in [-0.05, 0) is 55.7 Å². The zero-order valence-corrected chi connectivity index (χ0v) is 19.2. The van der Waals surface area contributed by atoms with Crippen LogP contribution in [0, 0.1) is 20.8 Å². The van der Waals surface area contributed by atoms with Crippen LogP contribution in [-0.4, -0.2) is 45.4 Å². The fourth-order valence-electron chi connectivity index (χ4n) is 3.61. The van der Waals surface area contributed by atoms with Gasteiger partial charge in [0, 0.05) is 18.2 Å². The van der Waals surface area contributed by atoms with E-state index in [0.717, 1.165) is 12.1 Å². The number of ether oxygens (including phenoxy) is 3. The summed E-state index contributed by atoms with van der Waals surface area (Å²) in [4.78, 5) is 36.6. The van der Waals surface area contributed by atoms with Crippen LogP contribution in [0.1, 0.15) is 47.8 Å². The van der Waals surface area contributed by atoms with Crippen molar-refractivity contribution in [2.75, 3.05) is 7.11 Å². The lowest BCUT2D eigenvalue weighted by Gasteiger charge is -2.14. The molecule has 35 heavy (non-hydrogen) atoms. The minimum atomic E-state index is -1.34. The second-order valence-electron chi connectivity index (χ2n) is 7.69. The Labute approximate surface area is 199 Å². The normalized spacial score (nSPS) is 10.5. The monoisotopic (exact) mass is 482 g/mol. The topological polar surface area (TPSA) is 160 Å². The Morgan fingerprint density at radius 1 is 0.657 bits per heavy atom. The molecule has 0 aliphatic heterocycles. The zero-order chi connectivity index (χ0) is 26.0. The third-order valence-electron chi connectivity index (χ3n) is 5.12. The number of hydrogen-bond acceptors (Lipinski definition) is 9. The summed E-state index contributed by atoms with van der Waals surface area (Å²) in [5, 5.41) is 39.2. The maximum absolute atomic E-state index is 12.7. The Morgan fingerprint density at radius 2 is 1.11 bits per heavy atom. The summed E-state index contributed by atoms with van der Waals surface area (Å²) in [6.45, 7) is 4.50. The van der Waals surface area contributed by atoms with Gasteiger partial charge in [-0.25, -0.2) is 14.4 Å². The number of benzene rings is 3. The molecule has 0 saturated heterocycles. The molecule has 4 N–H and O–H groups in total. The lowest BCUT2D eigenvalue weighted by Crippen LogP contribution is -2.14. The van der Waals surface area contributed by atoms with E-state index in [9.17, 15) is 29.7 Å². The number of phenolic OH excluding ortho intramolecular Hbond substituents is 2. The average Bonchev–Trinajstić information content (AvgIpc) is 2.71. The van der Waals surface area contributed by atoms with Gasteiger partial charge >= 0.3 is 17.9 Å². The summed E-state index contributed by atoms with van der Waals surface area (Å²) in [7, 11) is 1.33. The third kappa shape index (κ3) is 5.11. The quantitative estimate of drug-likeness (QED) is 0.300. The maximum atomic E-state index is 12.7. The number of carbonyl (C=O) groups excluding carboxylic acids is 2. The molecule has 0 heterocycles. The Balaban J connectivity index is 1.86. The molecule has 0 spiro atoms. The fourth-order valence-corrected chi connectivity index (χ4v) is 3.61. The van der Waals surface area contributed by atoms with E-state index in [4.69, 9.17) is 19.3 Å². The van der Waals surface area contributed by atoms with Crippen LogP contribution in [0.15, 0.2) is 36.4 Å². The molecule has 0 amide bonds. The Kier molecular flexibility index (Phi) is 6.86. The molecule has 10 heteroatoms. The van der Waals surface area contributed by atoms with Crippen LogP contribution < -0.4 is 14.2 Å². The third-order valence-corrected chi connectivity index (χ3v) is 5.12. The number of carboxylic acid groups (broad SMARTS) is 1. The number of aromatic hydroxyl groups is 3. The molecule has 3 aromatic rings. The van der Waals surface area contributed by atoms with Gasteiger partial charge in [-0.2, -0.15) is 0 Å². The highest BCUT2D eigenvalue weighted by Gasteiger charge is 2.23. The molecule has 3 rings (SSSR count). The van der Waals surface area contributed by atoms with Gasteiger partial charge in [0.25, 0.3) is 0 Å². The first-order chi connectivity index (χ1) is 16.4. The summed E-state index contributed by atoms with van der Waals surface area (Å²) >= 11 is 0. The van der Waals surface area contributed by atoms with Crippen LogP contribution in [0.5, 0.6) is 34.5 Å². The molecule has 0 unspecified atom stereocenters. The molecule has 0 aliphatic rings. The van der Waals surface area contributed by atoms with Crippen molar-refractivity contribution in [2.45, 2.75) is 20.8 Å². The van der Waals surface area contributed by atoms with Crippen molar-refractivity contribution >= 4 is 17.9 Å². The maximum Gasteiger partial charge on any atom is 0.347 e. The van der Waals surface area contributed by atoms with Crippen molar-refractivity contribution < 1.29 is 49.0 Å². The van der Waals surface area contributed by atoms with Crippen molar-refractivity contribution in [3.63, 3.8) is 0 Å². The van der Waals surface area contributed by atoms with E-state index < -0.39 is 29.4 Å². The Morgan fingerprint density at radius 3 is 1.57 bits per heavy atom. The van der Waals surface area contributed by atoms with Crippen LogP contribution in [0.3, 0.4) is 0 Å². The molecular weight excluding hydrogens is 460 g/mol. The number of methoxy groups -OCH3 is 1. The van der Waals surface area contributed by atoms with Gasteiger partial charge < -0.3 is 34.6 Å². The molecule has 0 fully saturated rings. The highest BCUT2D eigenvalue weighted by molar-refractivity contribution is 5.98. The summed E-state index contributed by atoms with van der Waals surface area (Å²) in [6.07, 6.45) is 0. The SMILES string of the molecule is COc1cc(O)cc(C)c1C(=O)Oc1cc(C)c(C(=O)Oc2cc(C)c(C(=O)O)c(O)c2)c(O)c1. The first kappa shape index (κ1) is 24.9. The van der Waals surface area contributed by atoms with E-state index in [0.29, 0.717) is 5.56 Å². The van der Waals surface area contributed by atoms with Gasteiger partial charge in [-0.1, -0.05) is 0 Å². The number of phenols is 3. The van der Waals surface area contributed by atoms with Crippen LogP contribution >= 0.6 is 0 Å². The van der Waals surface area contributed by atoms with Crippen molar-refractivity contribution in [1.82, 2.24) is 0 Å². The number of aryl methyl sites for hydroxylation is 3. The van der Waals surface area contributed by atoms with E-state index in [-0.39, 0.29) is 50.8 Å². The minimum absolute atomic E-state index is 0.0598. The van der Waals surface area contributed by atoms with Gasteiger partial charge in [0.05, 0.1) is 7.11 Å². The number of esters is 2. The molecular formula is C25H22O10. The lowest BCUT2D eigenvalue weighted by atomic mass is 10.1. The highest BCUT2D eigenvalue weighted by Crippen LogP contribution is 2.33. The van der Waals surface area contributed by atoms with E-state index in [1.54, 1.807) is 6.92 Å². The summed E-state index contributed by atoms with van der Waals surface area (Å²) in [5.74, 6) is -4.41. The molecule has 3 aromatic carbocycles. The van der Waals surface area contributed by atoms with Crippen LogP contribution in [-0.2, 0) is 0 Å². The molecule has 0 atom stereocenters. The van der Waals surface area contributed by atoms with E-state index in [2.05, 4.69) is 0 Å². The largest absolute Gasteiger partial charge is 0.508 e. The highest BCUT2D eigenvalue weighted by atomic mass is 16.5. The molecule has 0 bridgehead atoms. The number of hydrogen-bond donors (Lipinski definition) is 4. The van der Waals surface area contributed by atoms with E-state index >= 15 is 0 Å². The smallest absolute Gasteiger partial charge is 0.347 e. The summed E-state index contributed by atoms with van der Waals surface area (Å²) in [6, 6.07) is 7.26. The molecule has 182 valence electrons. The van der Waals surface area contributed by atoms with Crippen LogP contribution in [0.25, 0.3) is 0 Å². The van der Waals surface area contributed by atoms with E-state index in [1.807, 2.05) is 0 Å². The molecule has 0 aromatic heterocycles. The predicted molar refractivity (Wildman–Crippen MR) is 122 cm³/mol. The fraction of sp³-hybridized carbons (Fsp3) is 0.160. The second kappa shape index (κ2) is 9.64. The van der Waals surface area contributed by atoms with Gasteiger partial charge in [-0.15, -0.1) is 0 Å². The summed E-state index contributed by atoms with van der Waals surface area (Å²) in [5.41, 5.74) is 0.322. The van der Waals surface area contributed by atoms with Crippen molar-refractivity contribution in [2.24, 2.45) is 0 Å². The minimum Gasteiger partial charge on any atom is -0.508 e. The van der Waals surface area contributed by atoms with Gasteiger partial charge in [0.15, 0.2) is 0 Å². The van der Waals surface area contributed by atoms with Gasteiger partial charge in [-0.3, -0.25) is 0 Å². The molecule has 0 saturated carbocycles. The summed E-state index contributed by atoms with van der Waals surface area (Å²) < 4.78 is 15.7. The Hall–Kier alpha value is -4.73. The predicted octanol–water partition coefficient (Wildman–Crippen LogP) is 3.87. The van der Waals surface area contributed by atoms with E-state index in [1.165, 1.54) is 45.2 Å².